The Labute approximate surface area is 189 Å². The van der Waals surface area contributed by atoms with Gasteiger partial charge in [-0.3, -0.25) is 24.0 Å². The van der Waals surface area contributed by atoms with Gasteiger partial charge < -0.3 is 42.3 Å². The van der Waals surface area contributed by atoms with Gasteiger partial charge in [-0.2, -0.15) is 0 Å². The molecule has 0 aromatic carbocycles. The average Bonchev–Trinajstić information content (AvgIpc) is 3.21. The number of aliphatic hydroxyl groups excluding tert-OH is 1. The van der Waals surface area contributed by atoms with Crippen molar-refractivity contribution < 1.29 is 44.1 Å². The molecule has 14 nitrogen and oxygen atoms in total. The number of hydrogen-bond acceptors (Lipinski definition) is 8. The molecule has 1 heterocycles. The van der Waals surface area contributed by atoms with E-state index in [1.165, 1.54) is 6.92 Å². The minimum absolute atomic E-state index is 0.125. The number of carbonyl (C=O) groups is 6. The van der Waals surface area contributed by atoms with E-state index in [1.54, 1.807) is 0 Å². The summed E-state index contributed by atoms with van der Waals surface area (Å²) in [7, 11) is 0. The summed E-state index contributed by atoms with van der Waals surface area (Å²) in [5.74, 6) is -5.62. The topological polar surface area (TPSA) is 242 Å². The number of nitrogens with one attached hydrogen (secondary N) is 2. The van der Waals surface area contributed by atoms with Crippen LogP contribution in [0.3, 0.4) is 0 Å². The number of aliphatic carboxylic acids is 2. The normalized spacial score (nSPS) is 19.1. The van der Waals surface area contributed by atoms with E-state index in [9.17, 15) is 39.0 Å². The Morgan fingerprint density at radius 1 is 1.06 bits per heavy atom. The van der Waals surface area contributed by atoms with Gasteiger partial charge >= 0.3 is 11.9 Å². The highest BCUT2D eigenvalue weighted by Gasteiger charge is 2.40. The highest BCUT2D eigenvalue weighted by molar-refractivity contribution is 5.95. The number of carbonyl (C=O) groups excluding carboxylic acids is 4. The lowest BCUT2D eigenvalue weighted by Gasteiger charge is -2.31. The van der Waals surface area contributed by atoms with Crippen molar-refractivity contribution in [1.29, 1.82) is 0 Å². The standard InChI is InChI=1S/C19H31N5O9/c1-9(25)15(23-16(29)10(20)4-7-14(27)28)18(31)24-8-2-3-12(24)17(30)22-11(19(32)33)5-6-13(21)26/h9-12,15,25H,2-8,20H2,1H3,(H2,21,26)(H,22,30)(H,23,29)(H,27,28)(H,32,33). The van der Waals surface area contributed by atoms with Crippen molar-refractivity contribution in [2.24, 2.45) is 11.5 Å². The average molecular weight is 473 g/mol. The van der Waals surface area contributed by atoms with E-state index in [2.05, 4.69) is 10.6 Å². The first-order chi connectivity index (χ1) is 15.3. The summed E-state index contributed by atoms with van der Waals surface area (Å²) in [6.45, 7) is 1.38. The molecular weight excluding hydrogens is 442 g/mol. The molecule has 0 spiro atoms. The molecule has 33 heavy (non-hydrogen) atoms. The smallest absolute Gasteiger partial charge is 0.326 e. The summed E-state index contributed by atoms with van der Waals surface area (Å²) in [6.07, 6.45) is -1.75. The van der Waals surface area contributed by atoms with Gasteiger partial charge in [-0.15, -0.1) is 0 Å². The number of nitrogens with two attached hydrogens (primary N) is 2. The van der Waals surface area contributed by atoms with Crippen LogP contribution >= 0.6 is 0 Å². The van der Waals surface area contributed by atoms with Crippen LogP contribution in [0.15, 0.2) is 0 Å². The number of primary amides is 1. The van der Waals surface area contributed by atoms with Gasteiger partial charge in [-0.1, -0.05) is 0 Å². The Hall–Kier alpha value is -3.26. The van der Waals surface area contributed by atoms with Gasteiger partial charge in [0.05, 0.1) is 12.1 Å². The van der Waals surface area contributed by atoms with Gasteiger partial charge in [0.2, 0.25) is 23.6 Å². The van der Waals surface area contributed by atoms with Crippen LogP contribution in [0.1, 0.15) is 45.4 Å². The molecule has 5 unspecified atom stereocenters. The Kier molecular flexibility index (Phi) is 10.7. The van der Waals surface area contributed by atoms with Gasteiger partial charge in [-0.05, 0) is 32.6 Å². The second kappa shape index (κ2) is 12.7. The predicted molar refractivity (Wildman–Crippen MR) is 111 cm³/mol. The Balaban J connectivity index is 2.88. The van der Waals surface area contributed by atoms with Crippen LogP contribution in [-0.2, 0) is 28.8 Å². The summed E-state index contributed by atoms with van der Waals surface area (Å²) in [5.41, 5.74) is 10.7. The molecule has 186 valence electrons. The second-order valence-electron chi connectivity index (χ2n) is 7.86. The van der Waals surface area contributed by atoms with E-state index in [4.69, 9.17) is 16.6 Å². The molecule has 1 saturated heterocycles. The molecule has 0 aliphatic carbocycles. The summed E-state index contributed by atoms with van der Waals surface area (Å²) in [5, 5.41) is 32.6. The van der Waals surface area contributed by atoms with E-state index in [0.29, 0.717) is 6.42 Å². The van der Waals surface area contributed by atoms with E-state index in [1.807, 2.05) is 0 Å². The molecule has 0 radical (unpaired) electrons. The van der Waals surface area contributed by atoms with Crippen molar-refractivity contribution >= 4 is 35.6 Å². The Morgan fingerprint density at radius 3 is 2.21 bits per heavy atom. The third kappa shape index (κ3) is 8.65. The minimum atomic E-state index is -1.45. The van der Waals surface area contributed by atoms with Gasteiger partial charge in [-0.25, -0.2) is 4.79 Å². The van der Waals surface area contributed by atoms with Gasteiger partial charge in [0, 0.05) is 19.4 Å². The molecular formula is C19H31N5O9. The third-order valence-electron chi connectivity index (χ3n) is 5.18. The maximum atomic E-state index is 13.0. The van der Waals surface area contributed by atoms with Crippen molar-refractivity contribution in [2.75, 3.05) is 6.54 Å². The van der Waals surface area contributed by atoms with Crippen molar-refractivity contribution in [1.82, 2.24) is 15.5 Å². The third-order valence-corrected chi connectivity index (χ3v) is 5.18. The fourth-order valence-corrected chi connectivity index (χ4v) is 3.35. The molecule has 0 aromatic rings. The lowest BCUT2D eigenvalue weighted by atomic mass is 10.1. The van der Waals surface area contributed by atoms with Crippen LogP contribution in [0.4, 0.5) is 0 Å². The van der Waals surface area contributed by atoms with E-state index < -0.39 is 65.8 Å². The number of nitrogens with zero attached hydrogens (tertiary/aromatic N) is 1. The molecule has 0 saturated carbocycles. The molecule has 0 aromatic heterocycles. The maximum absolute atomic E-state index is 13.0. The summed E-state index contributed by atoms with van der Waals surface area (Å²) in [4.78, 5) is 72.0. The monoisotopic (exact) mass is 473 g/mol. The molecule has 0 bridgehead atoms. The molecule has 1 aliphatic rings. The fraction of sp³-hybridized carbons (Fsp3) is 0.684. The lowest BCUT2D eigenvalue weighted by molar-refractivity contribution is -0.146. The summed E-state index contributed by atoms with van der Waals surface area (Å²) >= 11 is 0. The number of carboxylic acid groups (broad SMARTS) is 2. The first-order valence-corrected chi connectivity index (χ1v) is 10.4. The summed E-state index contributed by atoms with van der Waals surface area (Å²) < 4.78 is 0. The highest BCUT2D eigenvalue weighted by atomic mass is 16.4. The van der Waals surface area contributed by atoms with Crippen LogP contribution in [0, 0.1) is 0 Å². The molecule has 4 amide bonds. The zero-order valence-electron chi connectivity index (χ0n) is 18.2. The molecule has 14 heteroatoms. The highest BCUT2D eigenvalue weighted by Crippen LogP contribution is 2.20. The first kappa shape index (κ1) is 27.8. The SMILES string of the molecule is CC(O)C(NC(=O)C(N)CCC(=O)O)C(=O)N1CCCC1C(=O)NC(CCC(N)=O)C(=O)O. The predicted octanol–water partition coefficient (Wildman–Crippen LogP) is -3.13. The lowest BCUT2D eigenvalue weighted by Crippen LogP contribution is -2.59. The number of hydrogen-bond donors (Lipinski definition) is 7. The van der Waals surface area contributed by atoms with Crippen LogP contribution in [0.5, 0.6) is 0 Å². The minimum Gasteiger partial charge on any atom is -0.481 e. The summed E-state index contributed by atoms with van der Waals surface area (Å²) in [6, 6.07) is -5.12. The molecule has 1 aliphatic heterocycles. The van der Waals surface area contributed by atoms with Gasteiger partial charge in [0.15, 0.2) is 0 Å². The number of amides is 4. The molecule has 9 N–H and O–H groups in total. The van der Waals surface area contributed by atoms with E-state index in [-0.39, 0.29) is 38.6 Å². The van der Waals surface area contributed by atoms with E-state index >= 15 is 0 Å². The van der Waals surface area contributed by atoms with Gasteiger partial charge in [0.25, 0.3) is 0 Å². The second-order valence-corrected chi connectivity index (χ2v) is 7.86. The quantitative estimate of drug-likeness (QED) is 0.142. The van der Waals surface area contributed by atoms with Gasteiger partial charge in [0.1, 0.15) is 18.1 Å². The Bertz CT molecular complexity index is 773. The largest absolute Gasteiger partial charge is 0.481 e. The molecule has 5 atom stereocenters. The molecule has 1 rings (SSSR count). The van der Waals surface area contributed by atoms with E-state index in [0.717, 1.165) is 4.90 Å². The number of rotatable bonds is 13. The van der Waals surface area contributed by atoms with Crippen molar-refractivity contribution in [2.45, 2.75) is 75.7 Å². The van der Waals surface area contributed by atoms with Crippen molar-refractivity contribution in [3.05, 3.63) is 0 Å². The molecule has 1 fully saturated rings. The van der Waals surface area contributed by atoms with Crippen LogP contribution < -0.4 is 22.1 Å². The number of aliphatic hydroxyl groups is 1. The first-order valence-electron chi connectivity index (χ1n) is 10.4. The fourth-order valence-electron chi connectivity index (χ4n) is 3.35. The van der Waals surface area contributed by atoms with Crippen LogP contribution in [0.2, 0.25) is 0 Å². The number of carboxylic acids is 2. The van der Waals surface area contributed by atoms with Crippen LogP contribution in [0.25, 0.3) is 0 Å². The van der Waals surface area contributed by atoms with Crippen molar-refractivity contribution in [3.8, 4) is 0 Å². The van der Waals surface area contributed by atoms with Crippen LogP contribution in [-0.4, -0.2) is 92.6 Å². The zero-order valence-corrected chi connectivity index (χ0v) is 18.2. The Morgan fingerprint density at radius 2 is 1.70 bits per heavy atom. The number of likely N-dealkylation sites (tertiary alicyclic amines) is 1. The zero-order chi connectivity index (χ0) is 25.3. The van der Waals surface area contributed by atoms with Crippen molar-refractivity contribution in [3.63, 3.8) is 0 Å². The maximum Gasteiger partial charge on any atom is 0.326 e.